The molecule has 0 aliphatic heterocycles. The van der Waals surface area contributed by atoms with Crippen LogP contribution in [0.3, 0.4) is 0 Å². The summed E-state index contributed by atoms with van der Waals surface area (Å²) in [6, 6.07) is 8.60. The van der Waals surface area contributed by atoms with Gasteiger partial charge in [0.15, 0.2) is 5.69 Å². The Balaban J connectivity index is 2.03. The van der Waals surface area contributed by atoms with Crippen LogP contribution in [0.15, 0.2) is 42.9 Å². The van der Waals surface area contributed by atoms with Crippen LogP contribution in [0.1, 0.15) is 17.5 Å². The Bertz CT molecular complexity index is 1270. The number of alkyl halides is 3. The molecule has 146 valence electrons. The van der Waals surface area contributed by atoms with Gasteiger partial charge in [-0.25, -0.2) is 0 Å². The first kappa shape index (κ1) is 19.4. The zero-order chi connectivity index (χ0) is 20.8. The second kappa shape index (κ2) is 7.17. The maximum absolute atomic E-state index is 13.7. The minimum absolute atomic E-state index is 0.0513. The fourth-order valence-electron chi connectivity index (χ4n) is 3.19. The molecule has 0 amide bonds. The van der Waals surface area contributed by atoms with Gasteiger partial charge in [0.05, 0.1) is 4.70 Å². The lowest BCUT2D eigenvalue weighted by atomic mass is 9.94. The monoisotopic (exact) mass is 432 g/mol. The average molecular weight is 433 g/mol. The highest BCUT2D eigenvalue weighted by Gasteiger charge is 2.38. The molecule has 0 spiro atoms. The minimum atomic E-state index is -4.62. The molecule has 0 unspecified atom stereocenters. The van der Waals surface area contributed by atoms with Crippen LogP contribution in [0.4, 0.5) is 13.2 Å². The van der Waals surface area contributed by atoms with E-state index >= 15 is 0 Å². The molecule has 0 saturated heterocycles. The topological polar surface area (TPSA) is 54.5 Å². The zero-order valence-corrected chi connectivity index (χ0v) is 16.5. The lowest BCUT2D eigenvalue weighted by Crippen LogP contribution is -2.09. The molecule has 0 fully saturated rings. The molecule has 0 radical (unpaired) electrons. The molecule has 0 bridgehead atoms. The van der Waals surface area contributed by atoms with E-state index in [0.717, 1.165) is 10.1 Å². The molecule has 4 nitrogen and oxygen atoms in total. The maximum Gasteiger partial charge on any atom is 0.435 e. The number of nitrogens with zero attached hydrogens (tertiary/aromatic N) is 4. The Labute approximate surface area is 172 Å². The van der Waals surface area contributed by atoms with Gasteiger partial charge in [0.25, 0.3) is 0 Å². The molecule has 0 aliphatic rings. The van der Waals surface area contributed by atoms with Gasteiger partial charge in [-0.3, -0.25) is 9.67 Å². The largest absolute Gasteiger partial charge is 0.435 e. The smallest absolute Gasteiger partial charge is 0.272 e. The van der Waals surface area contributed by atoms with Crippen LogP contribution in [0, 0.1) is 11.3 Å². The van der Waals surface area contributed by atoms with E-state index in [-0.39, 0.29) is 5.56 Å². The van der Waals surface area contributed by atoms with Gasteiger partial charge in [0, 0.05) is 46.7 Å². The van der Waals surface area contributed by atoms with Crippen molar-refractivity contribution in [2.75, 3.05) is 0 Å². The van der Waals surface area contributed by atoms with E-state index in [9.17, 15) is 18.4 Å². The van der Waals surface area contributed by atoms with E-state index < -0.39 is 11.9 Å². The predicted octanol–water partition coefficient (Wildman–Crippen LogP) is 6.39. The van der Waals surface area contributed by atoms with E-state index in [1.54, 1.807) is 37.5 Å². The molecule has 4 aromatic rings. The molecule has 0 aliphatic carbocycles. The molecule has 0 N–H and O–H groups in total. The molecule has 1 aromatic carbocycles. The number of rotatable bonds is 3. The van der Waals surface area contributed by atoms with Crippen molar-refractivity contribution in [3.05, 3.63) is 58.4 Å². The Kier molecular flexibility index (Phi) is 4.81. The fourth-order valence-corrected chi connectivity index (χ4v) is 4.22. The lowest BCUT2D eigenvalue weighted by molar-refractivity contribution is -0.141. The minimum Gasteiger partial charge on any atom is -0.272 e. The van der Waals surface area contributed by atoms with Crippen LogP contribution in [0.2, 0.25) is 5.02 Å². The zero-order valence-electron chi connectivity index (χ0n) is 15.0. The number of aryl methyl sites for hydroxylation is 1. The highest BCUT2D eigenvalue weighted by atomic mass is 35.5. The van der Waals surface area contributed by atoms with Gasteiger partial charge in [-0.15, -0.1) is 11.3 Å². The quantitative estimate of drug-likeness (QED) is 0.377. The van der Waals surface area contributed by atoms with Crippen LogP contribution < -0.4 is 0 Å². The fraction of sp³-hybridized carbons (Fsp3) is 0.150. The number of pyridine rings is 1. The Morgan fingerprint density at radius 3 is 2.62 bits per heavy atom. The van der Waals surface area contributed by atoms with E-state index in [0.29, 0.717) is 33.1 Å². The third kappa shape index (κ3) is 3.48. The number of hydrogen-bond donors (Lipinski definition) is 0. The summed E-state index contributed by atoms with van der Waals surface area (Å²) in [5.41, 5.74) is 0.458. The second-order valence-electron chi connectivity index (χ2n) is 6.26. The summed E-state index contributed by atoms with van der Waals surface area (Å²) in [7, 11) is 0. The number of nitriles is 1. The standard InChI is InChI=1S/C20H12ClF3N4S/c1-2-28-10-17(19(27-28)20(22,23)24)14-5-11(21)3-4-13(14)16-8-26-9-18-15(16)6-12(7-25)29-18/h3-6,8-10H,2H2,1H3. The van der Waals surface area contributed by atoms with Crippen molar-refractivity contribution in [1.82, 2.24) is 14.8 Å². The van der Waals surface area contributed by atoms with Gasteiger partial charge < -0.3 is 0 Å². The van der Waals surface area contributed by atoms with Gasteiger partial charge in [0.2, 0.25) is 0 Å². The third-order valence-electron chi connectivity index (χ3n) is 4.47. The lowest BCUT2D eigenvalue weighted by Gasteiger charge is -2.12. The van der Waals surface area contributed by atoms with Gasteiger partial charge in [-0.2, -0.15) is 23.5 Å². The normalized spacial score (nSPS) is 11.7. The number of hydrogen-bond acceptors (Lipinski definition) is 4. The van der Waals surface area contributed by atoms with Crippen LogP contribution in [-0.4, -0.2) is 14.8 Å². The predicted molar refractivity (Wildman–Crippen MR) is 107 cm³/mol. The van der Waals surface area contributed by atoms with Gasteiger partial charge in [-0.05, 0) is 36.2 Å². The van der Waals surface area contributed by atoms with Crippen LogP contribution in [0.5, 0.6) is 0 Å². The summed E-state index contributed by atoms with van der Waals surface area (Å²) < 4.78 is 43.0. The average Bonchev–Trinajstić information content (AvgIpc) is 3.31. The van der Waals surface area contributed by atoms with Crippen molar-refractivity contribution in [1.29, 1.82) is 5.26 Å². The number of fused-ring (bicyclic) bond motifs is 1. The summed E-state index contributed by atoms with van der Waals surface area (Å²) in [6.45, 7) is 2.02. The third-order valence-corrected chi connectivity index (χ3v) is 5.68. The van der Waals surface area contributed by atoms with E-state index in [2.05, 4.69) is 16.2 Å². The van der Waals surface area contributed by atoms with Crippen LogP contribution in [0.25, 0.3) is 32.3 Å². The van der Waals surface area contributed by atoms with Crippen molar-refractivity contribution in [3.8, 4) is 28.3 Å². The Morgan fingerprint density at radius 2 is 1.93 bits per heavy atom. The summed E-state index contributed by atoms with van der Waals surface area (Å²) in [4.78, 5) is 4.71. The van der Waals surface area contributed by atoms with Crippen molar-refractivity contribution >= 4 is 33.0 Å². The molecule has 3 heterocycles. The van der Waals surface area contributed by atoms with Crippen LogP contribution in [-0.2, 0) is 12.7 Å². The second-order valence-corrected chi connectivity index (χ2v) is 7.78. The first-order valence-corrected chi connectivity index (χ1v) is 9.74. The molecule has 9 heteroatoms. The molecular weight excluding hydrogens is 421 g/mol. The van der Waals surface area contributed by atoms with Crippen molar-refractivity contribution in [2.45, 2.75) is 19.6 Å². The Hall–Kier alpha value is -2.89. The van der Waals surface area contributed by atoms with Gasteiger partial charge in [-0.1, -0.05) is 17.7 Å². The highest BCUT2D eigenvalue weighted by Crippen LogP contribution is 2.43. The molecular formula is C20H12ClF3N4S. The van der Waals surface area contributed by atoms with Crippen LogP contribution >= 0.6 is 22.9 Å². The van der Waals surface area contributed by atoms with E-state index in [1.165, 1.54) is 28.3 Å². The highest BCUT2D eigenvalue weighted by molar-refractivity contribution is 7.19. The number of halogens is 4. The first-order chi connectivity index (χ1) is 13.8. The van der Waals surface area contributed by atoms with Crippen molar-refractivity contribution < 1.29 is 13.2 Å². The van der Waals surface area contributed by atoms with Gasteiger partial charge in [0.1, 0.15) is 10.9 Å². The molecule has 0 saturated carbocycles. The van der Waals surface area contributed by atoms with E-state index in [1.807, 2.05) is 0 Å². The molecule has 0 atom stereocenters. The Morgan fingerprint density at radius 1 is 1.14 bits per heavy atom. The van der Waals surface area contributed by atoms with Gasteiger partial charge >= 0.3 is 6.18 Å². The number of aromatic nitrogens is 3. The summed E-state index contributed by atoms with van der Waals surface area (Å²) in [5, 5.41) is 14.0. The number of benzene rings is 1. The van der Waals surface area contributed by atoms with E-state index in [4.69, 9.17) is 11.6 Å². The summed E-state index contributed by atoms with van der Waals surface area (Å²) in [6.07, 6.45) is -0.0214. The van der Waals surface area contributed by atoms with Crippen molar-refractivity contribution in [2.24, 2.45) is 0 Å². The molecule has 29 heavy (non-hydrogen) atoms. The molecule has 4 rings (SSSR count). The SMILES string of the molecule is CCn1cc(-c2cc(Cl)ccc2-c2cncc3sc(C#N)cc23)c(C(F)(F)F)n1. The maximum atomic E-state index is 13.7. The summed E-state index contributed by atoms with van der Waals surface area (Å²) in [5.74, 6) is 0. The molecule has 3 aromatic heterocycles. The van der Waals surface area contributed by atoms with Crippen molar-refractivity contribution in [3.63, 3.8) is 0 Å². The summed E-state index contributed by atoms with van der Waals surface area (Å²) >= 11 is 7.42. The first-order valence-electron chi connectivity index (χ1n) is 8.54. The number of thiophene rings is 1.